The van der Waals surface area contributed by atoms with Crippen LogP contribution in [-0.4, -0.2) is 38.6 Å². The van der Waals surface area contributed by atoms with Crippen molar-refractivity contribution in [3.8, 4) is 0 Å². The number of anilines is 1. The Morgan fingerprint density at radius 3 is 2.57 bits per heavy atom. The smallest absolute Gasteiger partial charge is 0.277 e. The lowest BCUT2D eigenvalue weighted by molar-refractivity contribution is 0.0459. The average Bonchev–Trinajstić information content (AvgIpc) is 3.00. The fourth-order valence-corrected chi connectivity index (χ4v) is 3.27. The zero-order valence-corrected chi connectivity index (χ0v) is 13.2. The second-order valence-electron chi connectivity index (χ2n) is 5.61. The van der Waals surface area contributed by atoms with E-state index < -0.39 is 6.10 Å². The van der Waals surface area contributed by atoms with E-state index in [2.05, 4.69) is 9.59 Å². The molecule has 122 valence electrons. The molecular weight excluding hydrogens is 319 g/mol. The number of carbonyl (C=O) groups is 1. The molecule has 3 rings (SSSR count). The lowest BCUT2D eigenvalue weighted by atomic mass is 9.87. The highest BCUT2D eigenvalue weighted by Crippen LogP contribution is 2.31. The molecule has 8 heteroatoms. The summed E-state index contributed by atoms with van der Waals surface area (Å²) in [7, 11) is 0. The Hall–Kier alpha value is -2.06. The second kappa shape index (κ2) is 6.59. The molecule has 3 N–H and O–H groups in total. The zero-order valence-electron chi connectivity index (χ0n) is 12.4. The van der Waals surface area contributed by atoms with Crippen molar-refractivity contribution in [3.63, 3.8) is 0 Å². The summed E-state index contributed by atoms with van der Waals surface area (Å²) < 4.78 is 16.6. The molecular formula is C15H17FN4O2S. The van der Waals surface area contributed by atoms with E-state index in [0.717, 1.165) is 11.5 Å². The predicted molar refractivity (Wildman–Crippen MR) is 84.3 cm³/mol. The first-order valence-corrected chi connectivity index (χ1v) is 8.14. The van der Waals surface area contributed by atoms with Gasteiger partial charge in [-0.2, -0.15) is 0 Å². The number of piperidine rings is 1. The molecule has 1 amide bonds. The van der Waals surface area contributed by atoms with Crippen molar-refractivity contribution >= 4 is 22.4 Å². The van der Waals surface area contributed by atoms with E-state index in [-0.39, 0.29) is 23.3 Å². The summed E-state index contributed by atoms with van der Waals surface area (Å²) in [5, 5.41) is 14.5. The molecule has 1 atom stereocenters. The highest BCUT2D eigenvalue weighted by molar-refractivity contribution is 7.10. The monoisotopic (exact) mass is 336 g/mol. The summed E-state index contributed by atoms with van der Waals surface area (Å²) >= 11 is 0.999. The quantitative estimate of drug-likeness (QED) is 0.892. The highest BCUT2D eigenvalue weighted by Gasteiger charge is 2.30. The molecule has 1 fully saturated rings. The normalized spacial score (nSPS) is 17.2. The number of hydrogen-bond donors (Lipinski definition) is 2. The number of aromatic nitrogens is 2. The Morgan fingerprint density at radius 2 is 2.00 bits per heavy atom. The van der Waals surface area contributed by atoms with Crippen molar-refractivity contribution < 1.29 is 14.3 Å². The predicted octanol–water partition coefficient (Wildman–Crippen LogP) is 1.85. The first kappa shape index (κ1) is 15.8. The summed E-state index contributed by atoms with van der Waals surface area (Å²) in [4.78, 5) is 14.0. The summed E-state index contributed by atoms with van der Waals surface area (Å²) in [6, 6.07) is 5.88. The third kappa shape index (κ3) is 3.32. The maximum absolute atomic E-state index is 13.0. The van der Waals surface area contributed by atoms with Gasteiger partial charge in [0.25, 0.3) is 5.91 Å². The van der Waals surface area contributed by atoms with E-state index in [1.807, 2.05) is 0 Å². The van der Waals surface area contributed by atoms with E-state index in [9.17, 15) is 14.3 Å². The lowest BCUT2D eigenvalue weighted by Gasteiger charge is -2.34. The van der Waals surface area contributed by atoms with Crippen molar-refractivity contribution in [2.75, 3.05) is 18.8 Å². The first-order chi connectivity index (χ1) is 11.1. The molecule has 1 aromatic carbocycles. The minimum Gasteiger partial charge on any atom is -0.388 e. The number of hydrogen-bond acceptors (Lipinski definition) is 6. The van der Waals surface area contributed by atoms with Crippen LogP contribution in [0.15, 0.2) is 24.3 Å². The molecule has 1 aliphatic heterocycles. The topological polar surface area (TPSA) is 92.3 Å². The number of aliphatic hydroxyl groups excluding tert-OH is 1. The van der Waals surface area contributed by atoms with Crippen LogP contribution in [-0.2, 0) is 0 Å². The Labute approximate surface area is 136 Å². The van der Waals surface area contributed by atoms with Crippen molar-refractivity contribution in [1.29, 1.82) is 0 Å². The van der Waals surface area contributed by atoms with Crippen LogP contribution in [0.2, 0.25) is 0 Å². The van der Waals surface area contributed by atoms with Gasteiger partial charge in [-0.05, 0) is 36.5 Å². The molecule has 0 radical (unpaired) electrons. The van der Waals surface area contributed by atoms with Gasteiger partial charge < -0.3 is 15.7 Å². The number of rotatable bonds is 3. The Morgan fingerprint density at radius 1 is 1.35 bits per heavy atom. The minimum absolute atomic E-state index is 0.0374. The van der Waals surface area contributed by atoms with Gasteiger partial charge in [0.05, 0.1) is 6.10 Å². The van der Waals surface area contributed by atoms with E-state index in [1.54, 1.807) is 17.0 Å². The lowest BCUT2D eigenvalue weighted by Crippen LogP contribution is -2.40. The van der Waals surface area contributed by atoms with E-state index in [4.69, 9.17) is 5.73 Å². The molecule has 0 saturated carbocycles. The van der Waals surface area contributed by atoms with Gasteiger partial charge in [-0.25, -0.2) is 4.39 Å². The molecule has 2 heterocycles. The van der Waals surface area contributed by atoms with Crippen molar-refractivity contribution in [1.82, 2.24) is 14.5 Å². The number of amides is 1. The van der Waals surface area contributed by atoms with Gasteiger partial charge in [0.15, 0.2) is 5.69 Å². The Kier molecular flexibility index (Phi) is 4.53. The van der Waals surface area contributed by atoms with Crippen LogP contribution in [0.25, 0.3) is 0 Å². The van der Waals surface area contributed by atoms with Gasteiger partial charge in [-0.1, -0.05) is 16.6 Å². The number of nitrogen functional groups attached to an aromatic ring is 1. The molecule has 1 aromatic heterocycles. The van der Waals surface area contributed by atoms with E-state index in [0.29, 0.717) is 36.5 Å². The van der Waals surface area contributed by atoms with Crippen LogP contribution in [0.5, 0.6) is 0 Å². The molecule has 6 nitrogen and oxygen atoms in total. The molecule has 1 saturated heterocycles. The molecule has 1 aliphatic rings. The van der Waals surface area contributed by atoms with Crippen molar-refractivity contribution in [3.05, 3.63) is 41.3 Å². The van der Waals surface area contributed by atoms with Crippen LogP contribution >= 0.6 is 11.5 Å². The second-order valence-corrected chi connectivity index (χ2v) is 6.40. The van der Waals surface area contributed by atoms with Crippen LogP contribution in [0.1, 0.15) is 35.0 Å². The van der Waals surface area contributed by atoms with Gasteiger partial charge in [-0.3, -0.25) is 4.79 Å². The summed E-state index contributed by atoms with van der Waals surface area (Å²) in [6.45, 7) is 1.05. The SMILES string of the molecule is Nc1snnc1C(=O)N1CCC(C(O)c2ccc(F)cc2)CC1. The number of halogens is 1. The van der Waals surface area contributed by atoms with Crippen molar-refractivity contribution in [2.24, 2.45) is 5.92 Å². The Bertz CT molecular complexity index is 683. The zero-order chi connectivity index (χ0) is 16.4. The van der Waals surface area contributed by atoms with Gasteiger partial charge in [0, 0.05) is 24.6 Å². The van der Waals surface area contributed by atoms with Gasteiger partial charge in [0.2, 0.25) is 0 Å². The van der Waals surface area contributed by atoms with Crippen LogP contribution in [0, 0.1) is 11.7 Å². The summed E-state index contributed by atoms with van der Waals surface area (Å²) in [5.41, 5.74) is 6.59. The average molecular weight is 336 g/mol. The third-order valence-corrected chi connectivity index (χ3v) is 4.75. The highest BCUT2D eigenvalue weighted by atomic mass is 32.1. The van der Waals surface area contributed by atoms with Crippen LogP contribution < -0.4 is 5.73 Å². The number of nitrogens with two attached hydrogens (primary N) is 1. The number of nitrogens with zero attached hydrogens (tertiary/aromatic N) is 3. The maximum Gasteiger partial charge on any atom is 0.277 e. The molecule has 0 aliphatic carbocycles. The largest absolute Gasteiger partial charge is 0.388 e. The minimum atomic E-state index is -0.654. The Balaban J connectivity index is 1.61. The van der Waals surface area contributed by atoms with Gasteiger partial charge in [-0.15, -0.1) is 5.10 Å². The number of carbonyl (C=O) groups excluding carboxylic acids is 1. The third-order valence-electron chi connectivity index (χ3n) is 4.20. The fourth-order valence-electron chi connectivity index (χ4n) is 2.85. The molecule has 2 aromatic rings. The molecule has 1 unspecified atom stereocenters. The van der Waals surface area contributed by atoms with E-state index in [1.165, 1.54) is 12.1 Å². The van der Waals surface area contributed by atoms with E-state index >= 15 is 0 Å². The van der Waals surface area contributed by atoms with Gasteiger partial charge in [0.1, 0.15) is 10.8 Å². The molecule has 0 spiro atoms. The number of likely N-dealkylation sites (tertiary alicyclic amines) is 1. The maximum atomic E-state index is 13.0. The van der Waals surface area contributed by atoms with Crippen molar-refractivity contribution in [2.45, 2.75) is 18.9 Å². The number of benzene rings is 1. The van der Waals surface area contributed by atoms with Gasteiger partial charge >= 0.3 is 0 Å². The van der Waals surface area contributed by atoms with Crippen LogP contribution in [0.4, 0.5) is 9.39 Å². The molecule has 0 bridgehead atoms. The summed E-state index contributed by atoms with van der Waals surface area (Å²) in [6.07, 6.45) is 0.683. The summed E-state index contributed by atoms with van der Waals surface area (Å²) in [5.74, 6) is -0.503. The van der Waals surface area contributed by atoms with Crippen LogP contribution in [0.3, 0.4) is 0 Å². The number of aliphatic hydroxyl groups is 1. The fraction of sp³-hybridized carbons (Fsp3) is 0.400. The first-order valence-electron chi connectivity index (χ1n) is 7.37. The standard InChI is InChI=1S/C15H17FN4O2S/c16-11-3-1-9(2-4-11)13(21)10-5-7-20(8-6-10)15(22)12-14(17)23-19-18-12/h1-4,10,13,21H,5-8,17H2. The molecule has 23 heavy (non-hydrogen) atoms.